The standard InChI is InChI=1S/C29H23N5/c1-20-9-5-8-14-27(20)34-19-30-26-18-22(15-16-28(26)34)31-29-24-13-7-6-12-23(24)25(32-33-29)17-21-10-3-2-4-11-21/h2-16,18-19H,17H2,1H3,(H,31,33). The highest BCUT2D eigenvalue weighted by atomic mass is 15.2. The molecule has 0 amide bonds. The van der Waals surface area contributed by atoms with Crippen molar-refractivity contribution in [1.82, 2.24) is 19.7 Å². The van der Waals surface area contributed by atoms with E-state index in [1.807, 2.05) is 24.5 Å². The molecular weight excluding hydrogens is 418 g/mol. The third kappa shape index (κ3) is 3.67. The summed E-state index contributed by atoms with van der Waals surface area (Å²) in [5.41, 5.74) is 7.45. The lowest BCUT2D eigenvalue weighted by molar-refractivity contribution is 0.962. The molecule has 6 aromatic rings. The van der Waals surface area contributed by atoms with Gasteiger partial charge in [0.1, 0.15) is 6.33 Å². The highest BCUT2D eigenvalue weighted by molar-refractivity contribution is 5.95. The number of fused-ring (bicyclic) bond motifs is 2. The Morgan fingerprint density at radius 3 is 2.38 bits per heavy atom. The predicted molar refractivity (Wildman–Crippen MR) is 138 cm³/mol. The van der Waals surface area contributed by atoms with Gasteiger partial charge in [0.2, 0.25) is 0 Å². The van der Waals surface area contributed by atoms with E-state index in [-0.39, 0.29) is 0 Å². The Bertz CT molecular complexity index is 1620. The molecule has 5 heteroatoms. The molecule has 5 nitrogen and oxygen atoms in total. The van der Waals surface area contributed by atoms with Crippen LogP contribution in [0.1, 0.15) is 16.8 Å². The first kappa shape index (κ1) is 20.1. The fourth-order valence-electron chi connectivity index (χ4n) is 4.42. The van der Waals surface area contributed by atoms with Crippen LogP contribution in [0.25, 0.3) is 27.5 Å². The first-order valence-corrected chi connectivity index (χ1v) is 11.3. The van der Waals surface area contributed by atoms with Gasteiger partial charge < -0.3 is 5.32 Å². The van der Waals surface area contributed by atoms with E-state index in [2.05, 4.69) is 111 Å². The molecule has 0 saturated carbocycles. The molecule has 164 valence electrons. The molecule has 0 fully saturated rings. The second kappa shape index (κ2) is 8.45. The number of hydrogen-bond acceptors (Lipinski definition) is 4. The van der Waals surface area contributed by atoms with Gasteiger partial charge in [-0.25, -0.2) is 4.98 Å². The van der Waals surface area contributed by atoms with E-state index in [9.17, 15) is 0 Å². The maximum absolute atomic E-state index is 4.65. The predicted octanol–water partition coefficient (Wildman–Crippen LogP) is 6.61. The average Bonchev–Trinajstić information content (AvgIpc) is 3.29. The Morgan fingerprint density at radius 1 is 0.765 bits per heavy atom. The lowest BCUT2D eigenvalue weighted by Crippen LogP contribution is -2.02. The number of benzene rings is 4. The largest absolute Gasteiger partial charge is 0.338 e. The smallest absolute Gasteiger partial charge is 0.160 e. The third-order valence-electron chi connectivity index (χ3n) is 6.16. The lowest BCUT2D eigenvalue weighted by atomic mass is 10.0. The SMILES string of the molecule is Cc1ccccc1-n1cnc2cc(Nc3nnc(Cc4ccccc4)c4ccccc34)ccc21. The molecule has 0 aliphatic heterocycles. The lowest BCUT2D eigenvalue weighted by Gasteiger charge is -2.12. The van der Waals surface area contributed by atoms with Crippen LogP contribution in [-0.4, -0.2) is 19.7 Å². The van der Waals surface area contributed by atoms with Crippen LogP contribution < -0.4 is 5.32 Å². The topological polar surface area (TPSA) is 55.6 Å². The molecule has 0 spiro atoms. The minimum absolute atomic E-state index is 0.741. The average molecular weight is 442 g/mol. The molecule has 0 unspecified atom stereocenters. The molecule has 4 aromatic carbocycles. The number of hydrogen-bond donors (Lipinski definition) is 1. The summed E-state index contributed by atoms with van der Waals surface area (Å²) >= 11 is 0. The van der Waals surface area contributed by atoms with E-state index in [1.54, 1.807) is 0 Å². The van der Waals surface area contributed by atoms with Crippen molar-refractivity contribution in [3.8, 4) is 5.69 Å². The Labute approximate surface area is 197 Å². The van der Waals surface area contributed by atoms with Crippen molar-refractivity contribution in [2.75, 3.05) is 5.32 Å². The second-order valence-corrected chi connectivity index (χ2v) is 8.43. The van der Waals surface area contributed by atoms with E-state index in [1.165, 1.54) is 11.1 Å². The van der Waals surface area contributed by atoms with E-state index >= 15 is 0 Å². The van der Waals surface area contributed by atoms with Gasteiger partial charge in [0.15, 0.2) is 5.82 Å². The van der Waals surface area contributed by atoms with Crippen LogP contribution in [0.15, 0.2) is 103 Å². The number of nitrogens with one attached hydrogen (secondary N) is 1. The Balaban J connectivity index is 1.35. The normalized spacial score (nSPS) is 11.2. The summed E-state index contributed by atoms with van der Waals surface area (Å²) in [6, 6.07) is 33.2. The molecule has 0 radical (unpaired) electrons. The van der Waals surface area contributed by atoms with Gasteiger partial charge >= 0.3 is 0 Å². The van der Waals surface area contributed by atoms with Crippen molar-refractivity contribution < 1.29 is 0 Å². The zero-order chi connectivity index (χ0) is 22.9. The van der Waals surface area contributed by atoms with Crippen LogP contribution in [0.3, 0.4) is 0 Å². The molecule has 1 N–H and O–H groups in total. The van der Waals surface area contributed by atoms with Gasteiger partial charge in [-0.2, -0.15) is 5.10 Å². The number of nitrogens with zero attached hydrogens (tertiary/aromatic N) is 4. The summed E-state index contributed by atoms with van der Waals surface area (Å²) in [7, 11) is 0. The zero-order valence-corrected chi connectivity index (χ0v) is 18.8. The van der Waals surface area contributed by atoms with Gasteiger partial charge in [0.05, 0.1) is 22.4 Å². The van der Waals surface area contributed by atoms with Gasteiger partial charge in [0, 0.05) is 22.9 Å². The monoisotopic (exact) mass is 441 g/mol. The number of aromatic nitrogens is 4. The fourth-order valence-corrected chi connectivity index (χ4v) is 4.42. The summed E-state index contributed by atoms with van der Waals surface area (Å²) in [4.78, 5) is 4.65. The van der Waals surface area contributed by atoms with Crippen molar-refractivity contribution in [1.29, 1.82) is 0 Å². The summed E-state index contributed by atoms with van der Waals surface area (Å²) in [5, 5.41) is 14.8. The van der Waals surface area contributed by atoms with Crippen LogP contribution >= 0.6 is 0 Å². The minimum atomic E-state index is 0.741. The summed E-state index contributed by atoms with van der Waals surface area (Å²) < 4.78 is 2.13. The van der Waals surface area contributed by atoms with Crippen molar-refractivity contribution in [2.24, 2.45) is 0 Å². The first-order chi connectivity index (χ1) is 16.8. The zero-order valence-electron chi connectivity index (χ0n) is 18.8. The van der Waals surface area contributed by atoms with Crippen LogP contribution in [0, 0.1) is 6.92 Å². The van der Waals surface area contributed by atoms with Crippen molar-refractivity contribution >= 4 is 33.3 Å². The molecule has 0 saturated heterocycles. The Hall–Kier alpha value is -4.51. The van der Waals surface area contributed by atoms with E-state index in [0.717, 1.165) is 51.1 Å². The Morgan fingerprint density at radius 2 is 1.53 bits per heavy atom. The second-order valence-electron chi connectivity index (χ2n) is 8.43. The molecule has 0 atom stereocenters. The van der Waals surface area contributed by atoms with Gasteiger partial charge in [0.25, 0.3) is 0 Å². The third-order valence-corrected chi connectivity index (χ3v) is 6.16. The Kier molecular flexibility index (Phi) is 5.00. The van der Waals surface area contributed by atoms with Crippen LogP contribution in [0.4, 0.5) is 11.5 Å². The van der Waals surface area contributed by atoms with Crippen molar-refractivity contribution in [3.63, 3.8) is 0 Å². The van der Waals surface area contributed by atoms with Crippen molar-refractivity contribution in [2.45, 2.75) is 13.3 Å². The highest BCUT2D eigenvalue weighted by Gasteiger charge is 2.12. The number of aryl methyl sites for hydroxylation is 1. The minimum Gasteiger partial charge on any atom is -0.338 e. The van der Waals surface area contributed by atoms with E-state index in [4.69, 9.17) is 0 Å². The highest BCUT2D eigenvalue weighted by Crippen LogP contribution is 2.29. The summed E-state index contributed by atoms with van der Waals surface area (Å²) in [6.45, 7) is 2.11. The van der Waals surface area contributed by atoms with Crippen molar-refractivity contribution in [3.05, 3.63) is 120 Å². The molecule has 0 aliphatic carbocycles. The fraction of sp³-hybridized carbons (Fsp3) is 0.0690. The van der Waals surface area contributed by atoms with Crippen LogP contribution in [0.2, 0.25) is 0 Å². The van der Waals surface area contributed by atoms with Gasteiger partial charge in [-0.05, 0) is 42.3 Å². The molecule has 2 aromatic heterocycles. The first-order valence-electron chi connectivity index (χ1n) is 11.3. The summed E-state index contributed by atoms with van der Waals surface area (Å²) in [6.07, 6.45) is 2.63. The maximum Gasteiger partial charge on any atom is 0.160 e. The molecule has 0 aliphatic rings. The van der Waals surface area contributed by atoms with Gasteiger partial charge in [-0.3, -0.25) is 4.57 Å². The number of imidazole rings is 1. The number of anilines is 2. The molecule has 6 rings (SSSR count). The van der Waals surface area contributed by atoms with Crippen LogP contribution in [-0.2, 0) is 6.42 Å². The molecule has 2 heterocycles. The molecule has 34 heavy (non-hydrogen) atoms. The van der Waals surface area contributed by atoms with Gasteiger partial charge in [-0.1, -0.05) is 72.8 Å². The van der Waals surface area contributed by atoms with Crippen LogP contribution in [0.5, 0.6) is 0 Å². The van der Waals surface area contributed by atoms with E-state index < -0.39 is 0 Å². The molecule has 0 bridgehead atoms. The quantitative estimate of drug-likeness (QED) is 0.327. The number of rotatable bonds is 5. The molecular formula is C29H23N5. The summed E-state index contributed by atoms with van der Waals surface area (Å²) in [5.74, 6) is 0.741. The maximum atomic E-state index is 4.65. The number of para-hydroxylation sites is 1. The van der Waals surface area contributed by atoms with Gasteiger partial charge in [-0.15, -0.1) is 5.10 Å². The van der Waals surface area contributed by atoms with E-state index in [0.29, 0.717) is 0 Å².